The molecule has 18 heavy (non-hydrogen) atoms. The SMILES string of the molecule is CSCC(C)(O)CNCc1ccc(O)c(O)c1O. The van der Waals surface area contributed by atoms with E-state index >= 15 is 0 Å². The summed E-state index contributed by atoms with van der Waals surface area (Å²) in [7, 11) is 0. The Kier molecular flexibility index (Phi) is 5.13. The molecule has 5 N–H and O–H groups in total. The van der Waals surface area contributed by atoms with Gasteiger partial charge in [-0.05, 0) is 19.2 Å². The predicted octanol–water partition coefficient (Wildman–Crippen LogP) is 1.01. The summed E-state index contributed by atoms with van der Waals surface area (Å²) in [4.78, 5) is 0. The van der Waals surface area contributed by atoms with Crippen LogP contribution in [0.1, 0.15) is 12.5 Å². The zero-order chi connectivity index (χ0) is 13.8. The van der Waals surface area contributed by atoms with E-state index in [1.54, 1.807) is 18.7 Å². The number of aromatic hydroxyl groups is 3. The first kappa shape index (κ1) is 14.9. The van der Waals surface area contributed by atoms with Crippen molar-refractivity contribution in [1.82, 2.24) is 5.32 Å². The van der Waals surface area contributed by atoms with Gasteiger partial charge >= 0.3 is 0 Å². The summed E-state index contributed by atoms with van der Waals surface area (Å²) in [6.07, 6.45) is 1.91. The molecule has 0 aromatic heterocycles. The fourth-order valence-electron chi connectivity index (χ4n) is 1.58. The van der Waals surface area contributed by atoms with Gasteiger partial charge in [-0.25, -0.2) is 0 Å². The van der Waals surface area contributed by atoms with Crippen LogP contribution >= 0.6 is 11.8 Å². The molecule has 1 aromatic carbocycles. The summed E-state index contributed by atoms with van der Waals surface area (Å²) in [5.74, 6) is -0.616. The average molecular weight is 273 g/mol. The van der Waals surface area contributed by atoms with E-state index in [4.69, 9.17) is 0 Å². The maximum absolute atomic E-state index is 9.93. The summed E-state index contributed by atoms with van der Waals surface area (Å²) in [6, 6.07) is 2.83. The van der Waals surface area contributed by atoms with Crippen molar-refractivity contribution >= 4 is 11.8 Å². The Balaban J connectivity index is 2.57. The van der Waals surface area contributed by atoms with Crippen LogP contribution in [-0.4, -0.2) is 44.6 Å². The monoisotopic (exact) mass is 273 g/mol. The van der Waals surface area contributed by atoms with Crippen molar-refractivity contribution in [1.29, 1.82) is 0 Å². The lowest BCUT2D eigenvalue weighted by Gasteiger charge is -2.22. The minimum absolute atomic E-state index is 0.296. The van der Waals surface area contributed by atoms with Gasteiger partial charge in [0.1, 0.15) is 0 Å². The van der Waals surface area contributed by atoms with E-state index in [2.05, 4.69) is 5.32 Å². The molecule has 0 heterocycles. The van der Waals surface area contributed by atoms with Crippen LogP contribution in [0.4, 0.5) is 0 Å². The predicted molar refractivity (Wildman–Crippen MR) is 72.1 cm³/mol. The molecule has 1 aromatic rings. The number of phenols is 3. The molecule has 1 atom stereocenters. The topological polar surface area (TPSA) is 93.0 Å². The zero-order valence-corrected chi connectivity index (χ0v) is 11.3. The summed E-state index contributed by atoms with van der Waals surface area (Å²) in [5.41, 5.74) is -0.362. The highest BCUT2D eigenvalue weighted by Gasteiger charge is 2.19. The van der Waals surface area contributed by atoms with Crippen LogP contribution in [0.5, 0.6) is 17.2 Å². The van der Waals surface area contributed by atoms with Gasteiger partial charge in [0, 0.05) is 24.4 Å². The van der Waals surface area contributed by atoms with Gasteiger partial charge < -0.3 is 25.7 Å². The molecule has 0 aliphatic rings. The molecule has 0 spiro atoms. The van der Waals surface area contributed by atoms with Gasteiger partial charge in [-0.1, -0.05) is 6.07 Å². The molecule has 102 valence electrons. The number of phenolic OH excluding ortho intramolecular Hbond substituents is 3. The Morgan fingerprint density at radius 2 is 1.89 bits per heavy atom. The number of aliphatic hydroxyl groups is 1. The Morgan fingerprint density at radius 3 is 2.50 bits per heavy atom. The molecule has 1 unspecified atom stereocenters. The minimum Gasteiger partial charge on any atom is -0.504 e. The molecule has 0 saturated carbocycles. The van der Waals surface area contributed by atoms with Gasteiger partial charge in [0.2, 0.25) is 5.75 Å². The molecule has 0 bridgehead atoms. The largest absolute Gasteiger partial charge is 0.504 e. The number of hydrogen-bond donors (Lipinski definition) is 5. The third-order valence-corrected chi connectivity index (χ3v) is 3.40. The molecule has 6 heteroatoms. The third kappa shape index (κ3) is 3.97. The molecule has 1 rings (SSSR count). The van der Waals surface area contributed by atoms with Gasteiger partial charge in [0.25, 0.3) is 0 Å². The van der Waals surface area contributed by atoms with E-state index in [-0.39, 0.29) is 11.5 Å². The van der Waals surface area contributed by atoms with Crippen molar-refractivity contribution in [3.63, 3.8) is 0 Å². The molecular weight excluding hydrogens is 254 g/mol. The molecule has 0 aliphatic heterocycles. The van der Waals surface area contributed by atoms with E-state index in [0.717, 1.165) is 0 Å². The Hall–Kier alpha value is -1.11. The summed E-state index contributed by atoms with van der Waals surface area (Å²) >= 11 is 1.55. The van der Waals surface area contributed by atoms with Crippen LogP contribution in [0.3, 0.4) is 0 Å². The summed E-state index contributed by atoms with van der Waals surface area (Å²) in [6.45, 7) is 2.39. The summed E-state index contributed by atoms with van der Waals surface area (Å²) < 4.78 is 0. The van der Waals surface area contributed by atoms with E-state index in [9.17, 15) is 20.4 Å². The Labute approximate surface area is 110 Å². The van der Waals surface area contributed by atoms with Gasteiger partial charge in [0.05, 0.1) is 5.60 Å². The molecule has 0 saturated heterocycles. The molecule has 0 aliphatic carbocycles. The molecule has 0 amide bonds. The minimum atomic E-state index is -0.825. The highest BCUT2D eigenvalue weighted by molar-refractivity contribution is 7.98. The van der Waals surface area contributed by atoms with Gasteiger partial charge in [-0.3, -0.25) is 0 Å². The number of nitrogens with one attached hydrogen (secondary N) is 1. The van der Waals surface area contributed by atoms with Crippen molar-refractivity contribution in [2.75, 3.05) is 18.6 Å². The number of benzene rings is 1. The fraction of sp³-hybridized carbons (Fsp3) is 0.500. The van der Waals surface area contributed by atoms with Crippen molar-refractivity contribution < 1.29 is 20.4 Å². The van der Waals surface area contributed by atoms with E-state index in [0.29, 0.717) is 24.4 Å². The van der Waals surface area contributed by atoms with Crippen LogP contribution < -0.4 is 5.32 Å². The first-order valence-corrected chi connectivity index (χ1v) is 6.91. The number of hydrogen-bond acceptors (Lipinski definition) is 6. The maximum Gasteiger partial charge on any atom is 0.200 e. The number of rotatable bonds is 6. The summed E-state index contributed by atoms with van der Waals surface area (Å²) in [5, 5.41) is 41.0. The van der Waals surface area contributed by atoms with E-state index < -0.39 is 11.4 Å². The van der Waals surface area contributed by atoms with E-state index in [1.165, 1.54) is 12.1 Å². The number of thioether (sulfide) groups is 1. The normalized spacial score (nSPS) is 14.4. The van der Waals surface area contributed by atoms with Crippen LogP contribution in [-0.2, 0) is 6.54 Å². The molecular formula is C12H19NO4S. The fourth-order valence-corrected chi connectivity index (χ4v) is 2.31. The van der Waals surface area contributed by atoms with Crippen molar-refractivity contribution in [2.45, 2.75) is 19.1 Å². The van der Waals surface area contributed by atoms with Crippen LogP contribution in [0.15, 0.2) is 12.1 Å². The smallest absolute Gasteiger partial charge is 0.200 e. The molecule has 5 nitrogen and oxygen atoms in total. The Bertz CT molecular complexity index is 409. The quantitative estimate of drug-likeness (QED) is 0.497. The lowest BCUT2D eigenvalue weighted by Crippen LogP contribution is -2.39. The van der Waals surface area contributed by atoms with Gasteiger partial charge in [-0.15, -0.1) is 0 Å². The van der Waals surface area contributed by atoms with E-state index in [1.807, 2.05) is 6.26 Å². The van der Waals surface area contributed by atoms with Crippen molar-refractivity contribution in [3.8, 4) is 17.2 Å². The highest BCUT2D eigenvalue weighted by atomic mass is 32.2. The first-order valence-electron chi connectivity index (χ1n) is 5.52. The zero-order valence-electron chi connectivity index (χ0n) is 10.5. The van der Waals surface area contributed by atoms with Gasteiger partial charge in [0.15, 0.2) is 11.5 Å². The third-order valence-electron chi connectivity index (χ3n) is 2.49. The van der Waals surface area contributed by atoms with Gasteiger partial charge in [-0.2, -0.15) is 11.8 Å². The Morgan fingerprint density at radius 1 is 1.22 bits per heavy atom. The van der Waals surface area contributed by atoms with Crippen LogP contribution in [0.25, 0.3) is 0 Å². The van der Waals surface area contributed by atoms with Crippen LogP contribution in [0, 0.1) is 0 Å². The van der Waals surface area contributed by atoms with Crippen molar-refractivity contribution in [2.24, 2.45) is 0 Å². The second-order valence-electron chi connectivity index (χ2n) is 4.47. The maximum atomic E-state index is 9.93. The van der Waals surface area contributed by atoms with Crippen molar-refractivity contribution in [3.05, 3.63) is 17.7 Å². The second-order valence-corrected chi connectivity index (χ2v) is 5.34. The standard InChI is InChI=1S/C12H19NO4S/c1-12(17,7-18-2)6-13-5-8-3-4-9(14)11(16)10(8)15/h3-4,13-17H,5-7H2,1-2H3. The first-order chi connectivity index (χ1) is 8.37. The lowest BCUT2D eigenvalue weighted by atomic mass is 10.1. The molecule has 0 radical (unpaired) electrons. The second kappa shape index (κ2) is 6.17. The molecule has 0 fully saturated rings. The van der Waals surface area contributed by atoms with Crippen LogP contribution in [0.2, 0.25) is 0 Å². The highest BCUT2D eigenvalue weighted by Crippen LogP contribution is 2.36. The average Bonchev–Trinajstić information content (AvgIpc) is 2.29. The lowest BCUT2D eigenvalue weighted by molar-refractivity contribution is 0.0845.